The highest BCUT2D eigenvalue weighted by molar-refractivity contribution is 5.63. The fourth-order valence-electron chi connectivity index (χ4n) is 3.32. The van der Waals surface area contributed by atoms with Gasteiger partial charge in [-0.3, -0.25) is 4.79 Å². The van der Waals surface area contributed by atoms with E-state index in [-0.39, 0.29) is 18.0 Å². The molecule has 3 rings (SSSR count). The van der Waals surface area contributed by atoms with Gasteiger partial charge in [-0.1, -0.05) is 23.8 Å². The summed E-state index contributed by atoms with van der Waals surface area (Å²) >= 11 is 0. The highest BCUT2D eigenvalue weighted by Gasteiger charge is 2.31. The molecule has 0 unspecified atom stereocenters. The summed E-state index contributed by atoms with van der Waals surface area (Å²) in [6.07, 6.45) is 0. The third-order valence-electron chi connectivity index (χ3n) is 4.87. The Morgan fingerprint density at radius 3 is 2.31 bits per heavy atom. The van der Waals surface area contributed by atoms with Gasteiger partial charge in [0.25, 0.3) is 11.5 Å². The first kappa shape index (κ1) is 20.3. The molecule has 2 aromatic carbocycles. The lowest BCUT2D eigenvalue weighted by Crippen LogP contribution is -2.29. The lowest BCUT2D eigenvalue weighted by atomic mass is 9.99. The van der Waals surface area contributed by atoms with Gasteiger partial charge in [0.05, 0.1) is 12.2 Å². The number of alkyl halides is 2. The van der Waals surface area contributed by atoms with Crippen molar-refractivity contribution in [3.05, 3.63) is 86.7 Å². The van der Waals surface area contributed by atoms with Crippen LogP contribution in [0.15, 0.2) is 53.3 Å². The van der Waals surface area contributed by atoms with Crippen LogP contribution in [0.25, 0.3) is 11.3 Å². The first-order valence-corrected chi connectivity index (χ1v) is 9.03. The molecule has 0 radical (unpaired) electrons. The van der Waals surface area contributed by atoms with E-state index in [9.17, 15) is 23.9 Å². The Bertz CT molecular complexity index is 1170. The van der Waals surface area contributed by atoms with Gasteiger partial charge in [-0.25, -0.2) is 8.78 Å². The number of phenolic OH excluding ortho intramolecular Hbond substituents is 1. The zero-order chi connectivity index (χ0) is 21.3. The lowest BCUT2D eigenvalue weighted by Gasteiger charge is -2.20. The van der Waals surface area contributed by atoms with Crippen molar-refractivity contribution in [1.82, 2.24) is 4.57 Å². The maximum atomic E-state index is 14.2. The van der Waals surface area contributed by atoms with Gasteiger partial charge in [0.2, 0.25) is 0 Å². The second-order valence-corrected chi connectivity index (χ2v) is 7.19. The molecule has 0 spiro atoms. The second kappa shape index (κ2) is 7.51. The molecule has 0 aliphatic rings. The van der Waals surface area contributed by atoms with Gasteiger partial charge in [-0.05, 0) is 60.9 Å². The summed E-state index contributed by atoms with van der Waals surface area (Å²) in [7, 11) is 0. The third-order valence-corrected chi connectivity index (χ3v) is 4.87. The lowest BCUT2D eigenvalue weighted by molar-refractivity contribution is 0.0169. The van der Waals surface area contributed by atoms with Crippen molar-refractivity contribution in [2.24, 2.45) is 0 Å². The van der Waals surface area contributed by atoms with Crippen molar-refractivity contribution in [1.29, 1.82) is 5.26 Å². The molecule has 6 heteroatoms. The molecule has 0 bridgehead atoms. The second-order valence-electron chi connectivity index (χ2n) is 7.19. The van der Waals surface area contributed by atoms with Gasteiger partial charge < -0.3 is 9.67 Å². The number of halogens is 2. The van der Waals surface area contributed by atoms with E-state index in [1.54, 1.807) is 18.2 Å². The van der Waals surface area contributed by atoms with Crippen LogP contribution in [-0.4, -0.2) is 9.67 Å². The Morgan fingerprint density at radius 1 is 1.10 bits per heavy atom. The van der Waals surface area contributed by atoms with Crippen LogP contribution in [0, 0.1) is 25.2 Å². The molecule has 0 aliphatic heterocycles. The summed E-state index contributed by atoms with van der Waals surface area (Å²) in [5.41, 5.74) is 1.67. The van der Waals surface area contributed by atoms with Gasteiger partial charge in [0.15, 0.2) is 0 Å². The van der Waals surface area contributed by atoms with Crippen LogP contribution in [0.3, 0.4) is 0 Å². The molecule has 0 atom stereocenters. The van der Waals surface area contributed by atoms with Gasteiger partial charge in [-0.15, -0.1) is 0 Å². The molecule has 0 fully saturated rings. The van der Waals surface area contributed by atoms with Crippen LogP contribution >= 0.6 is 0 Å². The summed E-state index contributed by atoms with van der Waals surface area (Å²) < 4.78 is 29.7. The highest BCUT2D eigenvalue weighted by Crippen LogP contribution is 2.32. The van der Waals surface area contributed by atoms with Gasteiger partial charge in [0.1, 0.15) is 17.4 Å². The maximum Gasteiger partial charge on any atom is 0.272 e. The molecule has 1 heterocycles. The monoisotopic (exact) mass is 394 g/mol. The molecule has 148 valence electrons. The number of pyridine rings is 1. The molecular formula is C23H20F2N2O2. The summed E-state index contributed by atoms with van der Waals surface area (Å²) in [5, 5.41) is 19.0. The first-order chi connectivity index (χ1) is 13.6. The minimum Gasteiger partial charge on any atom is -0.508 e. The Hall–Kier alpha value is -3.46. The number of nitriles is 1. The molecule has 3 aromatic rings. The van der Waals surface area contributed by atoms with E-state index in [0.717, 1.165) is 16.7 Å². The van der Waals surface area contributed by atoms with E-state index in [1.165, 1.54) is 22.8 Å². The normalized spacial score (nSPS) is 11.3. The standard InChI is InChI=1S/C23H20F2N2O2/c1-14-4-5-17(15(2)10-14)13-27-21(16-6-8-18(28)9-7-16)11-20(23(3,24)25)19(12-26)22(27)29/h4-11,28H,13H2,1-3H3. The molecule has 1 N–H and O–H groups in total. The zero-order valence-electron chi connectivity index (χ0n) is 16.3. The Labute approximate surface area is 167 Å². The summed E-state index contributed by atoms with van der Waals surface area (Å²) in [6.45, 7) is 4.66. The number of hydrogen-bond donors (Lipinski definition) is 1. The fourth-order valence-corrected chi connectivity index (χ4v) is 3.32. The minimum atomic E-state index is -3.35. The zero-order valence-corrected chi connectivity index (χ0v) is 16.3. The van der Waals surface area contributed by atoms with Crippen molar-refractivity contribution in [2.75, 3.05) is 0 Å². The van der Waals surface area contributed by atoms with Crippen LogP contribution in [0.5, 0.6) is 5.75 Å². The van der Waals surface area contributed by atoms with E-state index in [4.69, 9.17) is 0 Å². The summed E-state index contributed by atoms with van der Waals surface area (Å²) in [4.78, 5) is 13.1. The topological polar surface area (TPSA) is 66.0 Å². The van der Waals surface area contributed by atoms with E-state index in [0.29, 0.717) is 12.5 Å². The number of aromatic nitrogens is 1. The van der Waals surface area contributed by atoms with Gasteiger partial charge in [0, 0.05) is 12.5 Å². The van der Waals surface area contributed by atoms with Crippen LogP contribution in [0.2, 0.25) is 0 Å². The smallest absolute Gasteiger partial charge is 0.272 e. The Balaban J connectivity index is 2.31. The minimum absolute atomic E-state index is 0.0201. The van der Waals surface area contributed by atoms with E-state index >= 15 is 0 Å². The number of rotatable bonds is 4. The molecular weight excluding hydrogens is 374 g/mol. The van der Waals surface area contributed by atoms with Crippen LogP contribution in [0.1, 0.15) is 34.7 Å². The molecule has 1 aromatic heterocycles. The van der Waals surface area contributed by atoms with E-state index in [2.05, 4.69) is 0 Å². The van der Waals surface area contributed by atoms with Crippen LogP contribution in [0.4, 0.5) is 8.78 Å². The van der Waals surface area contributed by atoms with Crippen molar-refractivity contribution in [3.63, 3.8) is 0 Å². The SMILES string of the molecule is Cc1ccc(Cn2c(-c3ccc(O)cc3)cc(C(C)(F)F)c(C#N)c2=O)c(C)c1. The number of aryl methyl sites for hydroxylation is 2. The Kier molecular flexibility index (Phi) is 5.25. The van der Waals surface area contributed by atoms with Crippen LogP contribution in [-0.2, 0) is 12.5 Å². The van der Waals surface area contributed by atoms with E-state index < -0.39 is 22.6 Å². The molecule has 0 aliphatic carbocycles. The van der Waals surface area contributed by atoms with Crippen molar-refractivity contribution < 1.29 is 13.9 Å². The fraction of sp³-hybridized carbons (Fsp3) is 0.217. The molecule has 29 heavy (non-hydrogen) atoms. The predicted molar refractivity (Wildman–Crippen MR) is 107 cm³/mol. The van der Waals surface area contributed by atoms with Crippen molar-refractivity contribution >= 4 is 0 Å². The number of aromatic hydroxyl groups is 1. The van der Waals surface area contributed by atoms with Crippen molar-refractivity contribution in [2.45, 2.75) is 33.2 Å². The molecule has 0 amide bonds. The average Bonchev–Trinajstić information content (AvgIpc) is 2.64. The van der Waals surface area contributed by atoms with Crippen molar-refractivity contribution in [3.8, 4) is 23.1 Å². The number of benzene rings is 2. The van der Waals surface area contributed by atoms with E-state index in [1.807, 2.05) is 32.0 Å². The largest absolute Gasteiger partial charge is 0.508 e. The summed E-state index contributed by atoms with van der Waals surface area (Å²) in [5.74, 6) is -3.33. The predicted octanol–water partition coefficient (Wildman–Crippen LogP) is 4.87. The Morgan fingerprint density at radius 2 is 1.76 bits per heavy atom. The molecule has 0 saturated heterocycles. The number of phenols is 1. The number of hydrogen-bond acceptors (Lipinski definition) is 3. The first-order valence-electron chi connectivity index (χ1n) is 9.03. The quantitative estimate of drug-likeness (QED) is 0.687. The molecule has 4 nitrogen and oxygen atoms in total. The molecule has 0 saturated carbocycles. The summed E-state index contributed by atoms with van der Waals surface area (Å²) in [6, 6.07) is 14.5. The average molecular weight is 394 g/mol. The number of nitrogens with zero attached hydrogens (tertiary/aromatic N) is 2. The van der Waals surface area contributed by atoms with Gasteiger partial charge in [-0.2, -0.15) is 5.26 Å². The maximum absolute atomic E-state index is 14.2. The third kappa shape index (κ3) is 4.04. The van der Waals surface area contributed by atoms with Crippen LogP contribution < -0.4 is 5.56 Å². The highest BCUT2D eigenvalue weighted by atomic mass is 19.3. The van der Waals surface area contributed by atoms with Gasteiger partial charge >= 0.3 is 0 Å².